The first-order valence-corrected chi connectivity index (χ1v) is 6.07. The van der Waals surface area contributed by atoms with Gasteiger partial charge in [0.15, 0.2) is 0 Å². The fourth-order valence-electron chi connectivity index (χ4n) is 1.28. The zero-order valence-corrected chi connectivity index (χ0v) is 11.6. The van der Waals surface area contributed by atoms with Crippen LogP contribution in [0.3, 0.4) is 0 Å². The second kappa shape index (κ2) is 6.74. The Morgan fingerprint density at radius 1 is 1.38 bits per heavy atom. The fraction of sp³-hybridized carbons (Fsp3) is 0.917. The van der Waals surface area contributed by atoms with Crippen LogP contribution in [-0.4, -0.2) is 42.6 Å². The third-order valence-corrected chi connectivity index (χ3v) is 2.82. The maximum absolute atomic E-state index is 12.1. The van der Waals surface area contributed by atoms with Crippen LogP contribution in [0.2, 0.25) is 0 Å². The average molecular weight is 229 g/mol. The summed E-state index contributed by atoms with van der Waals surface area (Å²) in [6, 6.07) is 0.248. The van der Waals surface area contributed by atoms with Crippen LogP contribution in [-0.2, 0) is 0 Å². The Hall–Kier alpha value is -0.770. The third-order valence-electron chi connectivity index (χ3n) is 2.82. The molecular formula is C12H27N3O. The SMILES string of the molecule is CCC(C)(C)NC(=O)N(CCNC)C(C)C. The summed E-state index contributed by atoms with van der Waals surface area (Å²) in [5, 5.41) is 6.12. The zero-order chi connectivity index (χ0) is 12.8. The number of likely N-dealkylation sites (N-methyl/N-ethyl adjacent to an activating group) is 1. The largest absolute Gasteiger partial charge is 0.333 e. The number of hydrogen-bond acceptors (Lipinski definition) is 2. The summed E-state index contributed by atoms with van der Waals surface area (Å²) < 4.78 is 0. The molecule has 0 aromatic carbocycles. The predicted octanol–water partition coefficient (Wildman–Crippen LogP) is 1.81. The summed E-state index contributed by atoms with van der Waals surface area (Å²) in [6.07, 6.45) is 0.927. The van der Waals surface area contributed by atoms with E-state index in [1.807, 2.05) is 39.6 Å². The molecule has 0 saturated heterocycles. The van der Waals surface area contributed by atoms with Gasteiger partial charge in [0.25, 0.3) is 0 Å². The van der Waals surface area contributed by atoms with Crippen LogP contribution in [0.4, 0.5) is 4.79 Å². The number of amides is 2. The van der Waals surface area contributed by atoms with E-state index in [0.717, 1.165) is 19.5 Å². The molecule has 0 aromatic rings. The normalized spacial score (nSPS) is 11.7. The highest BCUT2D eigenvalue weighted by molar-refractivity contribution is 5.75. The van der Waals surface area contributed by atoms with Crippen molar-refractivity contribution < 1.29 is 4.79 Å². The van der Waals surface area contributed by atoms with Gasteiger partial charge in [-0.25, -0.2) is 4.79 Å². The predicted molar refractivity (Wildman–Crippen MR) is 68.7 cm³/mol. The Labute approximate surface area is 99.8 Å². The number of carbonyl (C=O) groups excluding carboxylic acids is 1. The van der Waals surface area contributed by atoms with E-state index in [1.165, 1.54) is 0 Å². The molecule has 2 amide bonds. The highest BCUT2D eigenvalue weighted by Crippen LogP contribution is 2.09. The number of nitrogens with zero attached hydrogens (tertiary/aromatic N) is 1. The Morgan fingerprint density at radius 2 is 1.94 bits per heavy atom. The van der Waals surface area contributed by atoms with Gasteiger partial charge in [-0.05, 0) is 41.2 Å². The van der Waals surface area contributed by atoms with E-state index in [2.05, 4.69) is 17.6 Å². The minimum absolute atomic E-state index is 0.0251. The minimum Gasteiger partial charge on any atom is -0.333 e. The van der Waals surface area contributed by atoms with Crippen molar-refractivity contribution >= 4 is 6.03 Å². The van der Waals surface area contributed by atoms with Gasteiger partial charge in [0, 0.05) is 24.7 Å². The Balaban J connectivity index is 4.38. The molecule has 0 aromatic heterocycles. The topological polar surface area (TPSA) is 44.4 Å². The molecule has 96 valence electrons. The summed E-state index contributed by atoms with van der Waals surface area (Å²) in [7, 11) is 1.90. The molecule has 0 aliphatic rings. The summed E-state index contributed by atoms with van der Waals surface area (Å²) in [5.41, 5.74) is -0.135. The number of hydrogen-bond donors (Lipinski definition) is 2. The third kappa shape index (κ3) is 5.35. The van der Waals surface area contributed by atoms with Crippen molar-refractivity contribution in [1.29, 1.82) is 0 Å². The highest BCUT2D eigenvalue weighted by Gasteiger charge is 2.23. The van der Waals surface area contributed by atoms with Crippen LogP contribution in [0.1, 0.15) is 41.0 Å². The van der Waals surface area contributed by atoms with Crippen molar-refractivity contribution in [3.05, 3.63) is 0 Å². The number of carbonyl (C=O) groups is 1. The monoisotopic (exact) mass is 229 g/mol. The first kappa shape index (κ1) is 15.2. The quantitative estimate of drug-likeness (QED) is 0.729. The van der Waals surface area contributed by atoms with Crippen molar-refractivity contribution in [1.82, 2.24) is 15.5 Å². The number of urea groups is 1. The van der Waals surface area contributed by atoms with Gasteiger partial charge in [-0.2, -0.15) is 0 Å². The zero-order valence-electron chi connectivity index (χ0n) is 11.6. The lowest BCUT2D eigenvalue weighted by Gasteiger charge is -2.32. The molecule has 0 aliphatic heterocycles. The summed E-state index contributed by atoms with van der Waals surface area (Å²) in [6.45, 7) is 11.8. The van der Waals surface area contributed by atoms with Crippen molar-refractivity contribution in [2.24, 2.45) is 0 Å². The van der Waals surface area contributed by atoms with Gasteiger partial charge in [-0.1, -0.05) is 6.92 Å². The maximum Gasteiger partial charge on any atom is 0.318 e. The van der Waals surface area contributed by atoms with E-state index in [0.29, 0.717) is 0 Å². The molecule has 0 unspecified atom stereocenters. The number of rotatable bonds is 6. The highest BCUT2D eigenvalue weighted by atomic mass is 16.2. The Bertz CT molecular complexity index is 214. The minimum atomic E-state index is -0.135. The standard InChI is InChI=1S/C12H27N3O/c1-7-12(4,5)14-11(16)15(10(2)3)9-8-13-6/h10,13H,7-9H2,1-6H3,(H,14,16). The van der Waals surface area contributed by atoms with E-state index < -0.39 is 0 Å². The van der Waals surface area contributed by atoms with Crippen LogP contribution in [0.5, 0.6) is 0 Å². The summed E-state index contributed by atoms with van der Waals surface area (Å²) >= 11 is 0. The van der Waals surface area contributed by atoms with Crippen LogP contribution < -0.4 is 10.6 Å². The van der Waals surface area contributed by atoms with Crippen LogP contribution in [0.15, 0.2) is 0 Å². The Morgan fingerprint density at radius 3 is 2.31 bits per heavy atom. The van der Waals surface area contributed by atoms with Crippen molar-refractivity contribution in [3.63, 3.8) is 0 Å². The summed E-state index contributed by atoms with van der Waals surface area (Å²) in [4.78, 5) is 13.9. The molecule has 16 heavy (non-hydrogen) atoms. The van der Waals surface area contributed by atoms with E-state index in [4.69, 9.17) is 0 Å². The summed E-state index contributed by atoms with van der Waals surface area (Å²) in [5.74, 6) is 0. The lowest BCUT2D eigenvalue weighted by molar-refractivity contribution is 0.172. The molecule has 0 aliphatic carbocycles. The lowest BCUT2D eigenvalue weighted by Crippen LogP contribution is -2.53. The maximum atomic E-state index is 12.1. The van der Waals surface area contributed by atoms with Crippen molar-refractivity contribution in [2.45, 2.75) is 52.6 Å². The molecule has 0 radical (unpaired) electrons. The van der Waals surface area contributed by atoms with Crippen molar-refractivity contribution in [2.75, 3.05) is 20.1 Å². The van der Waals surface area contributed by atoms with Crippen molar-refractivity contribution in [3.8, 4) is 0 Å². The molecule has 0 bridgehead atoms. The van der Waals surface area contributed by atoms with E-state index in [1.54, 1.807) is 0 Å². The smallest absolute Gasteiger partial charge is 0.318 e. The molecule has 0 atom stereocenters. The lowest BCUT2D eigenvalue weighted by atomic mass is 10.0. The molecule has 0 saturated carbocycles. The molecule has 4 heteroatoms. The van der Waals surface area contributed by atoms with Gasteiger partial charge < -0.3 is 15.5 Å². The van der Waals surface area contributed by atoms with Crippen LogP contribution >= 0.6 is 0 Å². The first-order valence-electron chi connectivity index (χ1n) is 6.07. The van der Waals surface area contributed by atoms with Gasteiger partial charge in [-0.3, -0.25) is 0 Å². The van der Waals surface area contributed by atoms with Gasteiger partial charge in [-0.15, -0.1) is 0 Å². The molecule has 0 heterocycles. The molecule has 0 fully saturated rings. The molecule has 2 N–H and O–H groups in total. The van der Waals surface area contributed by atoms with Crippen LogP contribution in [0.25, 0.3) is 0 Å². The first-order chi connectivity index (χ1) is 7.34. The molecule has 0 spiro atoms. The van der Waals surface area contributed by atoms with Gasteiger partial charge in [0.1, 0.15) is 0 Å². The van der Waals surface area contributed by atoms with E-state index in [-0.39, 0.29) is 17.6 Å². The van der Waals surface area contributed by atoms with E-state index in [9.17, 15) is 4.79 Å². The fourth-order valence-corrected chi connectivity index (χ4v) is 1.28. The second-order valence-corrected chi connectivity index (χ2v) is 5.06. The Kier molecular flexibility index (Phi) is 6.41. The second-order valence-electron chi connectivity index (χ2n) is 5.06. The number of nitrogens with one attached hydrogen (secondary N) is 2. The molecule has 4 nitrogen and oxygen atoms in total. The van der Waals surface area contributed by atoms with Gasteiger partial charge >= 0.3 is 6.03 Å². The van der Waals surface area contributed by atoms with Gasteiger partial charge in [0.05, 0.1) is 0 Å². The molecule has 0 rings (SSSR count). The average Bonchev–Trinajstić information content (AvgIpc) is 2.17. The van der Waals surface area contributed by atoms with E-state index >= 15 is 0 Å². The van der Waals surface area contributed by atoms with Gasteiger partial charge in [0.2, 0.25) is 0 Å². The van der Waals surface area contributed by atoms with Crippen LogP contribution in [0, 0.1) is 0 Å². The molecular weight excluding hydrogens is 202 g/mol.